The Morgan fingerprint density at radius 2 is 0.636 bits per heavy atom. The number of rotatable bonds is 77. The summed E-state index contributed by atoms with van der Waals surface area (Å²) in [5, 5.41) is 102. The molecule has 0 aromatic rings. The fourth-order valence-electron chi connectivity index (χ4n) is 15.6. The first-order valence-electron chi connectivity index (χ1n) is 47.6. The van der Waals surface area contributed by atoms with Crippen LogP contribution in [0.2, 0.25) is 0 Å². The van der Waals surface area contributed by atoms with Gasteiger partial charge in [-0.2, -0.15) is 0 Å². The quantitative estimate of drug-likeness (QED) is 0.00889. The maximum Gasteiger partial charge on any atom is 0.472 e. The van der Waals surface area contributed by atoms with Crippen molar-refractivity contribution < 1.29 is 122 Å². The molecule has 0 aromatic heterocycles. The predicted octanol–water partition coefficient (Wildman–Crippen LogP) is 17.7. The zero-order chi connectivity index (χ0) is 86.1. The van der Waals surface area contributed by atoms with E-state index in [-0.39, 0.29) is 25.7 Å². The molecule has 0 amide bonds. The van der Waals surface area contributed by atoms with Crippen LogP contribution >= 0.6 is 7.82 Å². The van der Waals surface area contributed by atoms with Gasteiger partial charge in [-0.3, -0.25) is 28.2 Å². The highest BCUT2D eigenvalue weighted by Gasteiger charge is 2.60. The van der Waals surface area contributed by atoms with Crippen molar-refractivity contribution in [2.75, 3.05) is 26.4 Å². The number of allylic oxidation sites excluding steroid dienone is 4. The lowest BCUT2D eigenvalue weighted by Gasteiger charge is -2.50. The third-order valence-corrected chi connectivity index (χ3v) is 24.2. The third kappa shape index (κ3) is 50.8. The van der Waals surface area contributed by atoms with Gasteiger partial charge in [0.1, 0.15) is 92.6 Å². The summed E-state index contributed by atoms with van der Waals surface area (Å²) in [5.41, 5.74) is 0. The maximum atomic E-state index is 14.9. The number of esters is 4. The van der Waals surface area contributed by atoms with Crippen LogP contribution in [0.3, 0.4) is 0 Å². The molecular formula is C92H169O25P. The van der Waals surface area contributed by atoms with Gasteiger partial charge in [0.2, 0.25) is 0 Å². The minimum Gasteiger partial charge on any atom is -0.463 e. The first kappa shape index (κ1) is 109. The Morgan fingerprint density at radius 3 is 1.03 bits per heavy atom. The van der Waals surface area contributed by atoms with E-state index in [9.17, 15) is 74.6 Å². The van der Waals surface area contributed by atoms with Crippen molar-refractivity contribution in [3.05, 3.63) is 24.3 Å². The van der Waals surface area contributed by atoms with Crippen molar-refractivity contribution >= 4 is 31.7 Å². The molecule has 3 aliphatic rings. The van der Waals surface area contributed by atoms with Crippen LogP contribution in [-0.4, -0.2) is 205 Å². The van der Waals surface area contributed by atoms with Gasteiger partial charge in [0, 0.05) is 25.7 Å². The summed E-state index contributed by atoms with van der Waals surface area (Å²) in [6.45, 7) is 5.58. The number of phosphoric acid groups is 1. The molecule has 2 aliphatic heterocycles. The fraction of sp³-hybridized carbons (Fsp3) is 0.913. The van der Waals surface area contributed by atoms with Gasteiger partial charge in [-0.05, 0) is 77.0 Å². The highest BCUT2D eigenvalue weighted by Crippen LogP contribution is 2.49. The van der Waals surface area contributed by atoms with Crippen LogP contribution in [0.15, 0.2) is 24.3 Å². The first-order valence-corrected chi connectivity index (χ1v) is 49.1. The average Bonchev–Trinajstić information content (AvgIpc) is 0.755. The number of carbonyl (C=O) groups is 4. The molecule has 0 bridgehead atoms. The van der Waals surface area contributed by atoms with E-state index in [4.69, 9.17) is 46.9 Å². The molecule has 3 rings (SSSR count). The van der Waals surface area contributed by atoms with Gasteiger partial charge in [0.15, 0.2) is 24.8 Å². The van der Waals surface area contributed by atoms with Crippen molar-refractivity contribution in [3.63, 3.8) is 0 Å². The minimum atomic E-state index is -5.81. The molecule has 692 valence electrons. The Balaban J connectivity index is 1.92. The summed E-state index contributed by atoms with van der Waals surface area (Å²) in [7, 11) is -5.81. The smallest absolute Gasteiger partial charge is 0.463 e. The van der Waals surface area contributed by atoms with E-state index in [1.54, 1.807) is 0 Å². The van der Waals surface area contributed by atoms with Crippen LogP contribution in [0.5, 0.6) is 0 Å². The monoisotopic (exact) mass is 1710 g/mol. The number of aliphatic hydroxyl groups excluding tert-OH is 9. The first-order chi connectivity index (χ1) is 57.2. The number of carbonyl (C=O) groups excluding carboxylic acids is 4. The summed E-state index contributed by atoms with van der Waals surface area (Å²) < 4.78 is 73.4. The second-order valence-electron chi connectivity index (χ2n) is 33.9. The largest absolute Gasteiger partial charge is 0.472 e. The highest BCUT2D eigenvalue weighted by molar-refractivity contribution is 7.47. The lowest BCUT2D eigenvalue weighted by atomic mass is 9.84. The van der Waals surface area contributed by atoms with E-state index in [1.165, 1.54) is 173 Å². The minimum absolute atomic E-state index is 0.0135. The molecule has 1 saturated carbocycles. The van der Waals surface area contributed by atoms with Crippen molar-refractivity contribution in [1.29, 1.82) is 0 Å². The lowest BCUT2D eigenvalue weighted by molar-refractivity contribution is -0.360. The van der Waals surface area contributed by atoms with Crippen LogP contribution < -0.4 is 0 Å². The Labute approximate surface area is 711 Å². The standard InChI is InChI=1S/C92H169O25P/c1-5-9-13-17-21-25-29-33-36-39-43-47-51-55-59-63-67-78(97)114-87-83(102)84(103)88(115-91-85(104)81(100)79(98)73(68-93)112-91)90(89(87)116-92-86(105)82(101)80(99)74(113-92)71-109-76(95)65-61-57-53-49-45-41-37-34-30-26-22-18-14-10-6-2)117-118(106,107)110-70-72(69-108-75(94)64-60-56-52-48-44-40-32-28-24-20-16-12-8-4)111-77(96)66-62-58-54-50-46-42-38-35-31-27-23-19-15-11-7-3/h27,31,40,44,72-74,79-93,98-105H,5-26,28-30,32-39,41-43,45-71H2,1-4H3,(H,106,107)/b31-27-,44-40-. The van der Waals surface area contributed by atoms with Crippen LogP contribution in [-0.2, 0) is 70.7 Å². The van der Waals surface area contributed by atoms with Gasteiger partial charge in [0.25, 0.3) is 0 Å². The topological polar surface area (TPSA) is 380 Å². The molecule has 0 spiro atoms. The molecule has 1 aliphatic carbocycles. The Hall–Kier alpha value is -3.05. The van der Waals surface area contributed by atoms with Gasteiger partial charge < -0.3 is 88.7 Å². The number of hydrogen-bond acceptors (Lipinski definition) is 24. The second-order valence-corrected chi connectivity index (χ2v) is 35.3. The number of phosphoric ester groups is 1. The van der Waals surface area contributed by atoms with E-state index in [2.05, 4.69) is 52.0 Å². The zero-order valence-corrected chi connectivity index (χ0v) is 74.6. The molecule has 18 unspecified atom stereocenters. The van der Waals surface area contributed by atoms with E-state index >= 15 is 0 Å². The number of aliphatic hydroxyl groups is 9. The molecule has 118 heavy (non-hydrogen) atoms. The lowest BCUT2D eigenvalue weighted by Crippen LogP contribution is -2.70. The van der Waals surface area contributed by atoms with Crippen LogP contribution in [0.4, 0.5) is 0 Å². The van der Waals surface area contributed by atoms with Crippen molar-refractivity contribution in [2.24, 2.45) is 0 Å². The SMILES string of the molecule is CCCCCC/C=C\CCCCCCCCCC(=O)OC(COC(=O)CCCCC/C=C\CCCCCCCC)COP(=O)(O)OC1C(OC2OC(CO)C(O)C(O)C2O)C(O)C(O)C(OC(=O)CCCCCCCCCCCCCCCCCC)C1OC1OC(COC(=O)CCCCCCCCCCCCCCCCC)C(O)C(O)C1O. The normalized spacial score (nSPS) is 25.0. The van der Waals surface area contributed by atoms with Crippen molar-refractivity contribution in [2.45, 2.75) is 511 Å². The van der Waals surface area contributed by atoms with Crippen molar-refractivity contribution in [1.82, 2.24) is 0 Å². The van der Waals surface area contributed by atoms with E-state index < -0.39 is 162 Å². The number of unbranched alkanes of at least 4 members (excludes halogenated alkanes) is 49. The number of ether oxygens (including phenoxy) is 8. The van der Waals surface area contributed by atoms with Crippen LogP contribution in [0, 0.1) is 0 Å². The Morgan fingerprint density at radius 1 is 0.331 bits per heavy atom. The Kier molecular flexibility index (Phi) is 65.8. The van der Waals surface area contributed by atoms with Gasteiger partial charge >= 0.3 is 31.7 Å². The molecule has 3 fully saturated rings. The predicted molar refractivity (Wildman–Crippen MR) is 458 cm³/mol. The highest BCUT2D eigenvalue weighted by atomic mass is 31.2. The zero-order valence-electron chi connectivity index (χ0n) is 73.7. The second kappa shape index (κ2) is 71.1. The molecule has 0 aromatic carbocycles. The van der Waals surface area contributed by atoms with Gasteiger partial charge in [-0.25, -0.2) is 4.57 Å². The van der Waals surface area contributed by atoms with E-state index in [0.717, 1.165) is 141 Å². The Bertz CT molecular complexity index is 2550. The van der Waals surface area contributed by atoms with E-state index in [1.807, 2.05) is 0 Å². The maximum absolute atomic E-state index is 14.9. The van der Waals surface area contributed by atoms with Gasteiger partial charge in [0.05, 0.1) is 13.2 Å². The third-order valence-electron chi connectivity index (χ3n) is 23.2. The molecular weight excluding hydrogens is 1540 g/mol. The summed E-state index contributed by atoms with van der Waals surface area (Å²) in [6, 6.07) is 0. The molecule has 10 N–H and O–H groups in total. The molecule has 2 heterocycles. The van der Waals surface area contributed by atoms with Crippen LogP contribution in [0.1, 0.15) is 407 Å². The van der Waals surface area contributed by atoms with Crippen LogP contribution in [0.25, 0.3) is 0 Å². The average molecular weight is 1710 g/mol. The molecule has 0 radical (unpaired) electrons. The number of hydrogen-bond donors (Lipinski definition) is 10. The molecule has 2 saturated heterocycles. The molecule has 18 atom stereocenters. The molecule has 26 heteroatoms. The summed E-state index contributed by atoms with van der Waals surface area (Å²) in [5.74, 6) is -2.98. The van der Waals surface area contributed by atoms with E-state index in [0.29, 0.717) is 38.5 Å². The van der Waals surface area contributed by atoms with Crippen molar-refractivity contribution in [3.8, 4) is 0 Å². The summed E-state index contributed by atoms with van der Waals surface area (Å²) in [6.07, 6.45) is 31.6. The fourth-order valence-corrected chi connectivity index (χ4v) is 16.6. The van der Waals surface area contributed by atoms with Gasteiger partial charge in [-0.15, -0.1) is 0 Å². The van der Waals surface area contributed by atoms with Gasteiger partial charge in [-0.1, -0.05) is 328 Å². The molecule has 25 nitrogen and oxygen atoms in total. The summed E-state index contributed by atoms with van der Waals surface area (Å²) in [4.78, 5) is 66.5. The summed E-state index contributed by atoms with van der Waals surface area (Å²) >= 11 is 0.